The summed E-state index contributed by atoms with van der Waals surface area (Å²) in [5.74, 6) is 0. The van der Waals surface area contributed by atoms with Crippen molar-refractivity contribution in [2.75, 3.05) is 73.0 Å². The van der Waals surface area contributed by atoms with Gasteiger partial charge in [-0.15, -0.1) is 0 Å². The van der Waals surface area contributed by atoms with Crippen molar-refractivity contribution < 1.29 is 39.4 Å². The number of methoxy groups -OCH3 is 1. The maximum atomic E-state index is 9.93. The zero-order chi connectivity index (χ0) is 19.8. The number of hydrogen-bond donors (Lipinski definition) is 4. The molecule has 0 radical (unpaired) electrons. The van der Waals surface area contributed by atoms with Gasteiger partial charge < -0.3 is 39.4 Å². The Labute approximate surface area is 156 Å². The molecule has 4 atom stereocenters. The molecule has 0 fully saturated rings. The van der Waals surface area contributed by atoms with Crippen LogP contribution in [0.5, 0.6) is 0 Å². The lowest BCUT2D eigenvalue weighted by molar-refractivity contribution is -0.0673. The van der Waals surface area contributed by atoms with Crippen LogP contribution in [0.3, 0.4) is 0 Å². The monoisotopic (exact) mass is 383 g/mol. The third-order valence-electron chi connectivity index (χ3n) is 3.58. The second-order valence-electron chi connectivity index (χ2n) is 6.24. The van der Waals surface area contributed by atoms with Crippen molar-refractivity contribution in [1.29, 1.82) is 0 Å². The maximum Gasteiger partial charge on any atom is 0.107 e. The summed E-state index contributed by atoms with van der Waals surface area (Å²) in [6, 6.07) is 0. The van der Waals surface area contributed by atoms with Crippen LogP contribution in [0.2, 0.25) is 0 Å². The number of rotatable bonds is 18. The van der Waals surface area contributed by atoms with Gasteiger partial charge in [-0.3, -0.25) is 4.90 Å². The molecule has 26 heavy (non-hydrogen) atoms. The quantitative estimate of drug-likeness (QED) is 0.209. The van der Waals surface area contributed by atoms with Gasteiger partial charge in [0.1, 0.15) is 6.10 Å². The molecule has 9 nitrogen and oxygen atoms in total. The molecule has 4 unspecified atom stereocenters. The lowest BCUT2D eigenvalue weighted by Crippen LogP contribution is -2.46. The van der Waals surface area contributed by atoms with Gasteiger partial charge in [-0.2, -0.15) is 0 Å². The predicted octanol–water partition coefficient (Wildman–Crippen LogP) is -1.53. The van der Waals surface area contributed by atoms with E-state index in [-0.39, 0.29) is 6.54 Å². The molecule has 0 heterocycles. The molecule has 0 aliphatic heterocycles. The van der Waals surface area contributed by atoms with Crippen LogP contribution < -0.4 is 0 Å². The van der Waals surface area contributed by atoms with E-state index in [2.05, 4.69) is 0 Å². The molecule has 0 saturated heterocycles. The Kier molecular flexibility index (Phi) is 16.6. The highest BCUT2D eigenvalue weighted by atomic mass is 16.6. The fraction of sp³-hybridized carbons (Fsp3) is 1.00. The van der Waals surface area contributed by atoms with E-state index < -0.39 is 24.4 Å². The van der Waals surface area contributed by atoms with Crippen LogP contribution in [0.4, 0.5) is 0 Å². The predicted molar refractivity (Wildman–Crippen MR) is 96.1 cm³/mol. The van der Waals surface area contributed by atoms with Crippen molar-refractivity contribution in [1.82, 2.24) is 4.90 Å². The first kappa shape index (κ1) is 25.6. The third-order valence-corrected chi connectivity index (χ3v) is 3.58. The van der Waals surface area contributed by atoms with Crippen LogP contribution in [-0.2, 0) is 18.9 Å². The summed E-state index contributed by atoms with van der Waals surface area (Å²) in [5.41, 5.74) is 0. The molecule has 0 spiro atoms. The molecule has 0 aliphatic carbocycles. The summed E-state index contributed by atoms with van der Waals surface area (Å²) < 4.78 is 21.0. The largest absolute Gasteiger partial charge is 0.392 e. The zero-order valence-corrected chi connectivity index (χ0v) is 16.2. The summed E-state index contributed by atoms with van der Waals surface area (Å²) >= 11 is 0. The first-order valence-corrected chi connectivity index (χ1v) is 9.05. The van der Waals surface area contributed by atoms with E-state index in [0.717, 1.165) is 0 Å². The average molecular weight is 383 g/mol. The normalized spacial score (nSPS) is 16.6. The maximum absolute atomic E-state index is 9.93. The molecular formula is C17H37NO8. The van der Waals surface area contributed by atoms with Gasteiger partial charge in [0.05, 0.1) is 64.6 Å². The lowest BCUT2D eigenvalue weighted by Gasteiger charge is -2.29. The molecule has 0 rings (SSSR count). The van der Waals surface area contributed by atoms with E-state index in [9.17, 15) is 20.4 Å². The summed E-state index contributed by atoms with van der Waals surface area (Å²) in [4.78, 5) is 1.78. The molecule has 0 aliphatic rings. The minimum absolute atomic E-state index is 0.135. The molecule has 0 aromatic heterocycles. The van der Waals surface area contributed by atoms with Crippen LogP contribution in [0.15, 0.2) is 0 Å². The van der Waals surface area contributed by atoms with Crippen molar-refractivity contribution in [3.05, 3.63) is 0 Å². The van der Waals surface area contributed by atoms with Crippen molar-refractivity contribution in [2.24, 2.45) is 0 Å². The Morgan fingerprint density at radius 3 is 1.69 bits per heavy atom. The summed E-state index contributed by atoms with van der Waals surface area (Å²) in [7, 11) is 1.62. The van der Waals surface area contributed by atoms with Gasteiger partial charge in [0.2, 0.25) is 0 Å². The SMILES string of the molecule is COCCOCCOCCOCCN(CC(C)O)CC(O)C(O)C(C)O. The highest BCUT2D eigenvalue weighted by Crippen LogP contribution is 2.04. The minimum atomic E-state index is -1.23. The van der Waals surface area contributed by atoms with Gasteiger partial charge in [0, 0.05) is 26.7 Å². The number of ether oxygens (including phenoxy) is 4. The number of aliphatic hydroxyl groups is 4. The highest BCUT2D eigenvalue weighted by molar-refractivity contribution is 4.76. The van der Waals surface area contributed by atoms with Crippen LogP contribution in [0, 0.1) is 0 Å². The van der Waals surface area contributed by atoms with Gasteiger partial charge in [-0.1, -0.05) is 0 Å². The lowest BCUT2D eigenvalue weighted by atomic mass is 10.1. The first-order chi connectivity index (χ1) is 12.4. The Balaban J connectivity index is 3.80. The Hall–Kier alpha value is -0.360. The standard InChI is InChI=1S/C17H37NO8/c1-14(19)12-18(13-16(21)17(22)15(2)20)4-5-24-8-9-26-11-10-25-7-6-23-3/h14-17,19-22H,4-13H2,1-3H3. The number of nitrogens with zero attached hydrogens (tertiary/aromatic N) is 1. The zero-order valence-electron chi connectivity index (χ0n) is 16.2. The molecule has 0 saturated carbocycles. The van der Waals surface area contributed by atoms with E-state index in [1.807, 2.05) is 0 Å². The summed E-state index contributed by atoms with van der Waals surface area (Å²) in [5, 5.41) is 38.5. The smallest absolute Gasteiger partial charge is 0.107 e. The number of hydrogen-bond acceptors (Lipinski definition) is 9. The van der Waals surface area contributed by atoms with E-state index >= 15 is 0 Å². The summed E-state index contributed by atoms with van der Waals surface area (Å²) in [6.45, 7) is 7.41. The molecule has 0 aromatic carbocycles. The molecule has 0 aromatic rings. The first-order valence-electron chi connectivity index (χ1n) is 9.05. The fourth-order valence-electron chi connectivity index (χ4n) is 2.20. The van der Waals surface area contributed by atoms with Crippen LogP contribution >= 0.6 is 0 Å². The van der Waals surface area contributed by atoms with Crippen molar-refractivity contribution in [3.63, 3.8) is 0 Å². The fourth-order valence-corrected chi connectivity index (χ4v) is 2.20. The van der Waals surface area contributed by atoms with E-state index in [4.69, 9.17) is 18.9 Å². The second-order valence-corrected chi connectivity index (χ2v) is 6.24. The van der Waals surface area contributed by atoms with Crippen LogP contribution in [0.1, 0.15) is 13.8 Å². The molecule has 0 amide bonds. The minimum Gasteiger partial charge on any atom is -0.392 e. The van der Waals surface area contributed by atoms with Crippen LogP contribution in [0.25, 0.3) is 0 Å². The molecule has 4 N–H and O–H groups in total. The van der Waals surface area contributed by atoms with Crippen LogP contribution in [-0.4, -0.2) is 123 Å². The Morgan fingerprint density at radius 1 is 0.731 bits per heavy atom. The van der Waals surface area contributed by atoms with Crippen molar-refractivity contribution in [3.8, 4) is 0 Å². The Bertz CT molecular complexity index is 306. The van der Waals surface area contributed by atoms with Crippen molar-refractivity contribution in [2.45, 2.75) is 38.3 Å². The second kappa shape index (κ2) is 16.8. The van der Waals surface area contributed by atoms with Gasteiger partial charge in [-0.05, 0) is 13.8 Å². The molecule has 9 heteroatoms. The molecule has 158 valence electrons. The van der Waals surface area contributed by atoms with Crippen molar-refractivity contribution >= 4 is 0 Å². The summed E-state index contributed by atoms with van der Waals surface area (Å²) in [6.07, 6.45) is -3.93. The van der Waals surface area contributed by atoms with Gasteiger partial charge in [0.25, 0.3) is 0 Å². The molecule has 0 bridgehead atoms. The molecular weight excluding hydrogens is 346 g/mol. The Morgan fingerprint density at radius 2 is 1.23 bits per heavy atom. The van der Waals surface area contributed by atoms with E-state index in [0.29, 0.717) is 59.3 Å². The van der Waals surface area contributed by atoms with Gasteiger partial charge >= 0.3 is 0 Å². The third kappa shape index (κ3) is 14.8. The van der Waals surface area contributed by atoms with Gasteiger partial charge in [0.15, 0.2) is 0 Å². The topological polar surface area (TPSA) is 121 Å². The van der Waals surface area contributed by atoms with Gasteiger partial charge in [-0.25, -0.2) is 0 Å². The van der Waals surface area contributed by atoms with E-state index in [1.54, 1.807) is 18.9 Å². The number of aliphatic hydroxyl groups excluding tert-OH is 4. The highest BCUT2D eigenvalue weighted by Gasteiger charge is 2.24. The van der Waals surface area contributed by atoms with E-state index in [1.165, 1.54) is 6.92 Å². The average Bonchev–Trinajstić information content (AvgIpc) is 2.58.